The minimum atomic E-state index is -4.50. The topological polar surface area (TPSA) is 135 Å². The molecule has 0 saturated heterocycles. The molecule has 0 fully saturated rings. The normalized spacial score (nSPS) is 17.5. The van der Waals surface area contributed by atoms with E-state index in [1.165, 1.54) is 0 Å². The smallest absolute Gasteiger partial charge is 0.353 e. The van der Waals surface area contributed by atoms with Gasteiger partial charge in [-0.1, -0.05) is 6.92 Å². The summed E-state index contributed by atoms with van der Waals surface area (Å²) in [7, 11) is -8.60. The van der Waals surface area contributed by atoms with Crippen molar-refractivity contribution in [1.29, 1.82) is 0 Å². The minimum Gasteiger partial charge on any atom is -0.380 e. The zero-order valence-corrected chi connectivity index (χ0v) is 10.0. The molecule has 0 aromatic heterocycles. The lowest BCUT2D eigenvalue weighted by molar-refractivity contribution is 0.186. The first kappa shape index (κ1) is 15.3. The second kappa shape index (κ2) is 5.55. The molecule has 0 aliphatic carbocycles. The van der Waals surface area contributed by atoms with Crippen LogP contribution in [0, 0.1) is 5.92 Å². The number of rotatable bonds is 6. The number of hydrogen-bond acceptors (Lipinski definition) is 3. The Bertz CT molecular complexity index is 279. The van der Waals surface area contributed by atoms with E-state index in [2.05, 4.69) is 0 Å². The van der Waals surface area contributed by atoms with Gasteiger partial charge in [0.1, 0.15) is 0 Å². The third-order valence-corrected chi connectivity index (χ3v) is 3.99. The molecule has 0 aliphatic rings. The second-order valence-corrected chi connectivity index (χ2v) is 7.07. The summed E-state index contributed by atoms with van der Waals surface area (Å²) in [4.78, 5) is 34.3. The minimum absolute atomic E-state index is 0.150. The Labute approximate surface area is 87.5 Å². The predicted molar refractivity (Wildman–Crippen MR) is 53.4 cm³/mol. The number of aliphatic hydroxyl groups is 1. The predicted octanol–water partition coefficient (Wildman–Crippen LogP) is 0.0765. The van der Waals surface area contributed by atoms with Crippen LogP contribution in [-0.2, 0) is 9.13 Å². The lowest BCUT2D eigenvalue weighted by Crippen LogP contribution is -2.11. The van der Waals surface area contributed by atoms with Gasteiger partial charge in [-0.3, -0.25) is 9.13 Å². The largest absolute Gasteiger partial charge is 0.380 e. The van der Waals surface area contributed by atoms with Gasteiger partial charge in [-0.25, -0.2) is 0 Å². The fourth-order valence-electron chi connectivity index (χ4n) is 1.10. The van der Waals surface area contributed by atoms with E-state index in [4.69, 9.17) is 24.7 Å². The molecule has 0 aromatic carbocycles. The van der Waals surface area contributed by atoms with Crippen LogP contribution in [-0.4, -0.2) is 36.7 Å². The molecule has 0 bridgehead atoms. The Morgan fingerprint density at radius 2 is 1.53 bits per heavy atom. The van der Waals surface area contributed by atoms with E-state index in [0.717, 1.165) is 0 Å². The van der Waals surface area contributed by atoms with Crippen LogP contribution in [0.5, 0.6) is 0 Å². The van der Waals surface area contributed by atoms with E-state index < -0.39 is 27.0 Å². The van der Waals surface area contributed by atoms with E-state index >= 15 is 0 Å². The summed E-state index contributed by atoms with van der Waals surface area (Å²) in [6.07, 6.45) is -0.371. The summed E-state index contributed by atoms with van der Waals surface area (Å²) in [5.41, 5.74) is 0. The quantitative estimate of drug-likeness (QED) is 0.427. The van der Waals surface area contributed by atoms with Gasteiger partial charge in [0.15, 0.2) is 5.85 Å². The monoisotopic (exact) mass is 262 g/mol. The van der Waals surface area contributed by atoms with Gasteiger partial charge in [0.05, 0.1) is 6.16 Å². The van der Waals surface area contributed by atoms with E-state index in [-0.39, 0.29) is 19.0 Å². The average molecular weight is 262 g/mol. The van der Waals surface area contributed by atoms with Gasteiger partial charge in [0.25, 0.3) is 0 Å². The molecule has 0 heterocycles. The molecular weight excluding hydrogens is 246 g/mol. The van der Waals surface area contributed by atoms with Crippen molar-refractivity contribution in [2.75, 3.05) is 6.16 Å². The van der Waals surface area contributed by atoms with Crippen LogP contribution in [0.2, 0.25) is 0 Å². The van der Waals surface area contributed by atoms with Crippen molar-refractivity contribution in [3.63, 3.8) is 0 Å². The SMILES string of the molecule is CC(CCC(O)P(=O)(O)O)CP(=O)(O)O. The summed E-state index contributed by atoms with van der Waals surface area (Å²) in [5.74, 6) is -2.15. The van der Waals surface area contributed by atoms with E-state index in [9.17, 15) is 9.13 Å². The van der Waals surface area contributed by atoms with E-state index in [1.54, 1.807) is 6.92 Å². The van der Waals surface area contributed by atoms with Gasteiger partial charge in [-0.05, 0) is 18.8 Å². The first-order chi connectivity index (χ1) is 6.52. The van der Waals surface area contributed by atoms with Gasteiger partial charge in [0.2, 0.25) is 0 Å². The Hall–Kier alpha value is 0.260. The van der Waals surface area contributed by atoms with Crippen molar-refractivity contribution in [2.24, 2.45) is 5.92 Å². The highest BCUT2D eigenvalue weighted by Crippen LogP contribution is 2.43. The number of hydrogen-bond donors (Lipinski definition) is 5. The molecule has 7 nitrogen and oxygen atoms in total. The first-order valence-electron chi connectivity index (χ1n) is 4.30. The molecule has 2 unspecified atom stereocenters. The Balaban J connectivity index is 3.97. The summed E-state index contributed by atoms with van der Waals surface area (Å²) in [6.45, 7) is 1.55. The molecule has 92 valence electrons. The fraction of sp³-hybridized carbons (Fsp3) is 1.00. The molecule has 0 aromatic rings. The lowest BCUT2D eigenvalue weighted by atomic mass is 10.1. The van der Waals surface area contributed by atoms with Crippen molar-refractivity contribution >= 4 is 15.2 Å². The highest BCUT2D eigenvalue weighted by molar-refractivity contribution is 7.52. The van der Waals surface area contributed by atoms with Crippen LogP contribution in [0.25, 0.3) is 0 Å². The maximum atomic E-state index is 10.6. The fourth-order valence-corrected chi connectivity index (χ4v) is 2.58. The maximum Gasteiger partial charge on any atom is 0.353 e. The van der Waals surface area contributed by atoms with Crippen molar-refractivity contribution in [3.05, 3.63) is 0 Å². The zero-order valence-electron chi connectivity index (χ0n) is 8.22. The van der Waals surface area contributed by atoms with Crippen LogP contribution in [0.4, 0.5) is 0 Å². The van der Waals surface area contributed by atoms with Crippen LogP contribution in [0.15, 0.2) is 0 Å². The summed E-state index contributed by atoms with van der Waals surface area (Å²) >= 11 is 0. The summed E-state index contributed by atoms with van der Waals surface area (Å²) < 4.78 is 21.1. The molecule has 0 saturated carbocycles. The molecule has 9 heteroatoms. The van der Waals surface area contributed by atoms with E-state index in [0.29, 0.717) is 0 Å². The van der Waals surface area contributed by atoms with Gasteiger partial charge in [-0.2, -0.15) is 0 Å². The molecular formula is C6H16O7P2. The van der Waals surface area contributed by atoms with Crippen molar-refractivity contribution in [1.82, 2.24) is 0 Å². The van der Waals surface area contributed by atoms with Gasteiger partial charge >= 0.3 is 15.2 Å². The third-order valence-electron chi connectivity index (χ3n) is 1.86. The lowest BCUT2D eigenvalue weighted by Gasteiger charge is -2.16. The average Bonchev–Trinajstić information content (AvgIpc) is 1.94. The van der Waals surface area contributed by atoms with Crippen LogP contribution < -0.4 is 0 Å². The van der Waals surface area contributed by atoms with Crippen LogP contribution in [0.1, 0.15) is 19.8 Å². The molecule has 0 spiro atoms. The first-order valence-corrected chi connectivity index (χ1v) is 7.78. The maximum absolute atomic E-state index is 10.6. The molecule has 0 rings (SSSR count). The Morgan fingerprint density at radius 1 is 1.07 bits per heavy atom. The molecule has 0 aliphatic heterocycles. The highest BCUT2D eigenvalue weighted by atomic mass is 31.2. The Morgan fingerprint density at radius 3 is 1.87 bits per heavy atom. The van der Waals surface area contributed by atoms with Crippen LogP contribution >= 0.6 is 15.2 Å². The molecule has 0 radical (unpaired) electrons. The second-order valence-electron chi connectivity index (χ2n) is 3.60. The standard InChI is InChI=1S/C6H16O7P2/c1-5(4-14(8,9)10)2-3-6(7)15(11,12)13/h5-7H,2-4H2,1H3,(H2,8,9,10)(H2,11,12,13). The summed E-state index contributed by atoms with van der Waals surface area (Å²) in [5, 5.41) is 8.98. The molecule has 15 heavy (non-hydrogen) atoms. The third kappa shape index (κ3) is 8.11. The van der Waals surface area contributed by atoms with Crippen molar-refractivity contribution in [2.45, 2.75) is 25.6 Å². The molecule has 5 N–H and O–H groups in total. The van der Waals surface area contributed by atoms with Crippen molar-refractivity contribution < 1.29 is 33.8 Å². The number of aliphatic hydroxyl groups excluding tert-OH is 1. The van der Waals surface area contributed by atoms with E-state index in [1.807, 2.05) is 0 Å². The van der Waals surface area contributed by atoms with Crippen LogP contribution in [0.3, 0.4) is 0 Å². The Kier molecular flexibility index (Phi) is 5.64. The van der Waals surface area contributed by atoms with Gasteiger partial charge in [-0.15, -0.1) is 0 Å². The van der Waals surface area contributed by atoms with Crippen molar-refractivity contribution in [3.8, 4) is 0 Å². The molecule has 0 amide bonds. The summed E-state index contributed by atoms with van der Waals surface area (Å²) in [6, 6.07) is 0. The van der Waals surface area contributed by atoms with Gasteiger partial charge < -0.3 is 24.7 Å². The zero-order chi connectivity index (χ0) is 12.3. The molecule has 2 atom stereocenters. The van der Waals surface area contributed by atoms with Gasteiger partial charge in [0, 0.05) is 0 Å². The highest BCUT2D eigenvalue weighted by Gasteiger charge is 2.27.